The van der Waals surface area contributed by atoms with E-state index in [1.165, 1.54) is 12.1 Å². The second-order valence-corrected chi connectivity index (χ2v) is 6.06. The number of benzene rings is 1. The number of hydrogen-bond acceptors (Lipinski definition) is 3. The maximum atomic E-state index is 11.1. The lowest BCUT2D eigenvalue weighted by Gasteiger charge is -2.06. The molecule has 0 atom stereocenters. The Kier molecular flexibility index (Phi) is 3.77. The molecule has 0 spiro atoms. The van der Waals surface area contributed by atoms with Crippen LogP contribution in [-0.4, -0.2) is 8.42 Å². The quantitative estimate of drug-likeness (QED) is 0.623. The molecular weight excluding hydrogens is 302 g/mol. The lowest BCUT2D eigenvalue weighted by atomic mass is 10.0. The van der Waals surface area contributed by atoms with Gasteiger partial charge in [-0.25, -0.2) is 8.42 Å². The predicted molar refractivity (Wildman–Crippen MR) is 61.6 cm³/mol. The van der Waals surface area contributed by atoms with Crippen LogP contribution in [0.5, 0.6) is 0 Å². The number of alkyl halides is 1. The van der Waals surface area contributed by atoms with Gasteiger partial charge in [-0.1, -0.05) is 15.9 Å². The highest BCUT2D eigenvalue weighted by Crippen LogP contribution is 2.24. The van der Waals surface area contributed by atoms with Gasteiger partial charge in [0, 0.05) is 16.0 Å². The Morgan fingerprint density at radius 2 is 2.13 bits per heavy atom. The molecule has 0 unspecified atom stereocenters. The van der Waals surface area contributed by atoms with Crippen molar-refractivity contribution in [2.24, 2.45) is 0 Å². The van der Waals surface area contributed by atoms with Crippen LogP contribution in [-0.2, 0) is 14.4 Å². The molecule has 0 aliphatic rings. The van der Waals surface area contributed by atoms with Crippen molar-refractivity contribution in [2.45, 2.75) is 17.1 Å². The van der Waals surface area contributed by atoms with Crippen molar-refractivity contribution in [1.82, 2.24) is 0 Å². The zero-order valence-electron chi connectivity index (χ0n) is 7.79. The number of rotatable bonds is 2. The summed E-state index contributed by atoms with van der Waals surface area (Å²) in [5.41, 5.74) is 1.83. The zero-order chi connectivity index (χ0) is 11.6. The summed E-state index contributed by atoms with van der Waals surface area (Å²) >= 11 is 3.23. The zero-order valence-corrected chi connectivity index (χ0v) is 10.9. The maximum Gasteiger partial charge on any atom is 0.261 e. The fourth-order valence-corrected chi connectivity index (χ4v) is 2.53. The highest BCUT2D eigenvalue weighted by molar-refractivity contribution is 9.08. The Labute approximate surface area is 101 Å². The third kappa shape index (κ3) is 2.71. The van der Waals surface area contributed by atoms with Crippen LogP contribution in [0.4, 0.5) is 0 Å². The highest BCUT2D eigenvalue weighted by atomic mass is 79.9. The molecule has 1 rings (SSSR count). The number of hydrogen-bond donors (Lipinski definition) is 0. The smallest absolute Gasteiger partial charge is 0.207 e. The molecule has 0 fully saturated rings. The van der Waals surface area contributed by atoms with Crippen molar-refractivity contribution in [1.29, 1.82) is 5.26 Å². The Hall–Kier alpha value is -0.570. The maximum absolute atomic E-state index is 11.1. The second-order valence-electron chi connectivity index (χ2n) is 2.94. The standard InChI is InChI=1S/C9H7BrClNO2S/c1-6-7(4-10)2-9(15(11,13)14)3-8(6)5-12/h2-3H,4H2,1H3. The Morgan fingerprint density at radius 1 is 1.53 bits per heavy atom. The molecule has 0 aromatic heterocycles. The largest absolute Gasteiger partial charge is 0.261 e. The van der Waals surface area contributed by atoms with Crippen molar-refractivity contribution < 1.29 is 8.42 Å². The molecule has 80 valence electrons. The average molecular weight is 309 g/mol. The Morgan fingerprint density at radius 3 is 2.53 bits per heavy atom. The molecule has 0 aliphatic heterocycles. The summed E-state index contributed by atoms with van der Waals surface area (Å²) in [6.07, 6.45) is 0. The summed E-state index contributed by atoms with van der Waals surface area (Å²) in [7, 11) is 1.43. The molecule has 0 saturated carbocycles. The first kappa shape index (κ1) is 12.5. The molecule has 0 N–H and O–H groups in total. The minimum atomic E-state index is -3.78. The van der Waals surface area contributed by atoms with Crippen LogP contribution in [0.3, 0.4) is 0 Å². The van der Waals surface area contributed by atoms with Gasteiger partial charge in [-0.05, 0) is 30.2 Å². The first-order valence-electron chi connectivity index (χ1n) is 3.94. The van der Waals surface area contributed by atoms with Gasteiger partial charge in [0.25, 0.3) is 9.05 Å². The molecule has 6 heteroatoms. The summed E-state index contributed by atoms with van der Waals surface area (Å²) in [5.74, 6) is 0. The van der Waals surface area contributed by atoms with Crippen LogP contribution in [0.2, 0.25) is 0 Å². The van der Waals surface area contributed by atoms with Crippen molar-refractivity contribution in [2.75, 3.05) is 0 Å². The molecule has 0 heterocycles. The van der Waals surface area contributed by atoms with E-state index in [9.17, 15) is 8.42 Å². The van der Waals surface area contributed by atoms with Crippen molar-refractivity contribution in [3.05, 3.63) is 28.8 Å². The summed E-state index contributed by atoms with van der Waals surface area (Å²) in [6.45, 7) is 1.76. The number of halogens is 2. The van der Waals surface area contributed by atoms with Crippen molar-refractivity contribution >= 4 is 35.7 Å². The minimum Gasteiger partial charge on any atom is -0.207 e. The second kappa shape index (κ2) is 4.52. The van der Waals surface area contributed by atoms with Gasteiger partial charge in [0.05, 0.1) is 16.5 Å². The molecule has 0 bridgehead atoms. The summed E-state index contributed by atoms with van der Waals surface area (Å²) in [6, 6.07) is 4.69. The fourth-order valence-electron chi connectivity index (χ4n) is 1.14. The van der Waals surface area contributed by atoms with Crippen molar-refractivity contribution in [3.8, 4) is 6.07 Å². The monoisotopic (exact) mass is 307 g/mol. The van der Waals surface area contributed by atoms with E-state index in [-0.39, 0.29) is 4.90 Å². The van der Waals surface area contributed by atoms with Crippen LogP contribution in [0, 0.1) is 18.3 Å². The van der Waals surface area contributed by atoms with Gasteiger partial charge in [0.2, 0.25) is 0 Å². The van der Waals surface area contributed by atoms with Crippen LogP contribution in [0.15, 0.2) is 17.0 Å². The number of nitriles is 1. The van der Waals surface area contributed by atoms with Gasteiger partial charge < -0.3 is 0 Å². The van der Waals surface area contributed by atoms with E-state index in [4.69, 9.17) is 15.9 Å². The molecule has 0 amide bonds. The van der Waals surface area contributed by atoms with Crippen LogP contribution in [0.25, 0.3) is 0 Å². The molecule has 0 saturated heterocycles. The van der Waals surface area contributed by atoms with Gasteiger partial charge in [0.1, 0.15) is 0 Å². The summed E-state index contributed by atoms with van der Waals surface area (Å²) in [4.78, 5) is -0.0410. The van der Waals surface area contributed by atoms with E-state index < -0.39 is 9.05 Å². The molecule has 15 heavy (non-hydrogen) atoms. The Balaban J connectivity index is 3.56. The van der Waals surface area contributed by atoms with Crippen LogP contribution >= 0.6 is 26.6 Å². The highest BCUT2D eigenvalue weighted by Gasteiger charge is 2.14. The molecule has 3 nitrogen and oxygen atoms in total. The van der Waals surface area contributed by atoms with Gasteiger partial charge >= 0.3 is 0 Å². The summed E-state index contributed by atoms with van der Waals surface area (Å²) in [5, 5.41) is 9.31. The van der Waals surface area contributed by atoms with E-state index in [1.54, 1.807) is 6.92 Å². The van der Waals surface area contributed by atoms with E-state index in [0.29, 0.717) is 10.9 Å². The lowest BCUT2D eigenvalue weighted by Crippen LogP contribution is -1.97. The van der Waals surface area contributed by atoms with Gasteiger partial charge in [-0.15, -0.1) is 0 Å². The Bertz CT molecular complexity index is 534. The summed E-state index contributed by atoms with van der Waals surface area (Å²) < 4.78 is 22.2. The SMILES string of the molecule is Cc1c(C#N)cc(S(=O)(=O)Cl)cc1CBr. The first-order valence-corrected chi connectivity index (χ1v) is 7.37. The molecule has 1 aromatic rings. The van der Waals surface area contributed by atoms with Crippen molar-refractivity contribution in [3.63, 3.8) is 0 Å². The fraction of sp³-hybridized carbons (Fsp3) is 0.222. The number of nitrogens with zero attached hydrogens (tertiary/aromatic N) is 1. The van der Waals surface area contributed by atoms with Gasteiger partial charge in [0.15, 0.2) is 0 Å². The topological polar surface area (TPSA) is 57.9 Å². The molecule has 0 aliphatic carbocycles. The lowest BCUT2D eigenvalue weighted by molar-refractivity contribution is 0.609. The third-order valence-corrected chi connectivity index (χ3v) is 3.97. The third-order valence-electron chi connectivity index (χ3n) is 2.03. The van der Waals surface area contributed by atoms with E-state index in [2.05, 4.69) is 15.9 Å². The minimum absolute atomic E-state index is 0.0410. The van der Waals surface area contributed by atoms with E-state index >= 15 is 0 Å². The molecule has 0 radical (unpaired) electrons. The first-order chi connectivity index (χ1) is 6.90. The van der Waals surface area contributed by atoms with E-state index in [1.807, 2.05) is 6.07 Å². The molecule has 1 aromatic carbocycles. The van der Waals surface area contributed by atoms with Crippen LogP contribution < -0.4 is 0 Å². The normalized spacial score (nSPS) is 11.1. The van der Waals surface area contributed by atoms with E-state index in [0.717, 1.165) is 11.1 Å². The predicted octanol–water partition coefficient (Wildman–Crippen LogP) is 2.69. The van der Waals surface area contributed by atoms with Crippen LogP contribution in [0.1, 0.15) is 16.7 Å². The molecular formula is C9H7BrClNO2S. The van der Waals surface area contributed by atoms with Gasteiger partial charge in [-0.2, -0.15) is 5.26 Å². The average Bonchev–Trinajstić information content (AvgIpc) is 2.16. The van der Waals surface area contributed by atoms with Gasteiger partial charge in [-0.3, -0.25) is 0 Å².